The summed E-state index contributed by atoms with van der Waals surface area (Å²) < 4.78 is 6.51. The third-order valence-electron chi connectivity index (χ3n) is 22.9. The third kappa shape index (κ3) is 21.4. The summed E-state index contributed by atoms with van der Waals surface area (Å²) in [5.74, 6) is 0. The molecule has 1 aromatic heterocycles. The van der Waals surface area contributed by atoms with Gasteiger partial charge in [0.2, 0.25) is 0 Å². The molecule has 668 valence electrons. The van der Waals surface area contributed by atoms with Crippen molar-refractivity contribution in [1.82, 2.24) is 0 Å². The molecule has 22 aromatic carbocycles. The average Bonchev–Trinajstić information content (AvgIpc) is 1.69. The summed E-state index contributed by atoms with van der Waals surface area (Å²) in [5.41, 5.74) is 19.5. The Morgan fingerprint density at radius 1 is 0.137 bits per heavy atom. The molecule has 0 aliphatic rings. The van der Waals surface area contributed by atoms with Crippen LogP contribution in [0.25, 0.3) is 218 Å². The van der Waals surface area contributed by atoms with Gasteiger partial charge in [-0.15, -0.1) is 0 Å². The van der Waals surface area contributed by atoms with E-state index in [1.54, 1.807) is 0 Å². The van der Waals surface area contributed by atoms with E-state index in [1.165, 1.54) is 191 Å². The number of hydrogen-bond acceptors (Lipinski definition) is 1. The molecule has 0 spiro atoms. The first-order valence-corrected chi connectivity index (χ1v) is 45.4. The molecule has 0 atom stereocenters. The molecular weight excluding hydrogens is 2030 g/mol. The van der Waals surface area contributed by atoms with Crippen LogP contribution in [-0.4, -0.2) is 0 Å². The standard InChI is InChI=1S/C40H26.C36H22O.C34H22.7C2H6.3CH3.3Dy/c1-2-12-31-26-32(25-20-27(31)10-1)40-37-17-7-5-15-35(37)39(36-16-6-8-18-38(36)40)30-23-21-29(22-24-30)34-19-9-13-28-11-3-4-14-33(28)34;1-2-13-24-23(11-1)12-9-19-26(24)34-27-15-3-5-17-29(27)35(30-18-6-4-16-28(30)34)32-21-10-20-31-25-14-7-8-22-33(25)37-36(31)32;1-2-12-25-22-26(21-20-23(25)10-1)33-29-15-5-7-17-31(29)34(32-18-8-6-16-30(32)33)28-19-9-13-24-11-3-4-14-27(24)28;7*1-2;;;;;;/h1-26H;1-22H;1-22H;7*1-2H3;3*1H3;;;/q;;;;;;;;;;3*-1;;;. The number of rotatable bonds is 7. The normalized spacial score (nSPS) is 10.2. The molecule has 0 saturated carbocycles. The van der Waals surface area contributed by atoms with E-state index in [2.05, 4.69) is 419 Å². The van der Waals surface area contributed by atoms with Crippen LogP contribution in [0.1, 0.15) is 96.9 Å². The van der Waals surface area contributed by atoms with Crippen LogP contribution in [-0.2, 0) is 0 Å². The molecule has 23 aromatic rings. The molecule has 0 saturated heterocycles. The van der Waals surface area contributed by atoms with Gasteiger partial charge in [-0.05, 0) is 203 Å². The van der Waals surface area contributed by atoms with E-state index in [9.17, 15) is 0 Å². The fourth-order valence-corrected chi connectivity index (χ4v) is 18.0. The van der Waals surface area contributed by atoms with Crippen molar-refractivity contribution >= 4 is 140 Å². The van der Waals surface area contributed by atoms with Crippen LogP contribution in [0, 0.1) is 137 Å². The Balaban J connectivity index is 0.000000223. The SMILES string of the molecule is CC.CC.CC.CC.CC.CC.CC.[CH3-].[CH3-].[CH3-].[Dy].[Dy].[Dy].c1ccc2c(-c3c4ccccc4c(-c4cccc5c4oc4ccccc45)c4ccccc34)cccc2c1.c1ccc2cc(-c3c4ccccc4c(-c4ccc(-c5cccc6ccccc56)cc4)c4ccccc34)ccc2c1.c1ccc2cc(-c3c4ccccc4c(-c4cccc5ccccc45)c4ccccc34)ccc2c1. The monoisotopic (exact) mass is 2150 g/mol. The van der Waals surface area contributed by atoms with Gasteiger partial charge >= 0.3 is 0 Å². The zero-order chi connectivity index (χ0) is 87.3. The first-order chi connectivity index (χ1) is 62.1. The molecule has 0 unspecified atom stereocenters. The number of benzene rings is 22. The summed E-state index contributed by atoms with van der Waals surface area (Å²) in [7, 11) is 0. The number of para-hydroxylation sites is 2. The van der Waals surface area contributed by atoms with Crippen molar-refractivity contribution < 1.29 is 119 Å². The van der Waals surface area contributed by atoms with E-state index in [0.29, 0.717) is 0 Å². The van der Waals surface area contributed by atoms with E-state index in [4.69, 9.17) is 4.42 Å². The van der Waals surface area contributed by atoms with Gasteiger partial charge in [0.05, 0.1) is 0 Å². The minimum Gasteiger partial charge on any atom is -0.455 e. The molecule has 1 heterocycles. The van der Waals surface area contributed by atoms with Crippen molar-refractivity contribution in [3.63, 3.8) is 0 Å². The molecule has 0 aliphatic heterocycles. The molecular formula is C127H121Dy3O-3. The van der Waals surface area contributed by atoms with E-state index in [0.717, 1.165) is 27.5 Å². The second-order valence-corrected chi connectivity index (χ2v) is 29.1. The first-order valence-electron chi connectivity index (χ1n) is 45.4. The van der Waals surface area contributed by atoms with Gasteiger partial charge in [-0.2, -0.15) is 0 Å². The van der Waals surface area contributed by atoms with Gasteiger partial charge < -0.3 is 26.7 Å². The predicted octanol–water partition coefficient (Wildman–Crippen LogP) is 39.8. The zero-order valence-corrected chi connectivity index (χ0v) is 84.9. The van der Waals surface area contributed by atoms with E-state index in [1.807, 2.05) is 103 Å². The summed E-state index contributed by atoms with van der Waals surface area (Å²) >= 11 is 0. The average molecular weight is 2150 g/mol. The van der Waals surface area contributed by atoms with Gasteiger partial charge in [-0.25, -0.2) is 0 Å². The zero-order valence-electron chi connectivity index (χ0n) is 78.8. The van der Waals surface area contributed by atoms with Crippen LogP contribution in [0.2, 0.25) is 0 Å². The van der Waals surface area contributed by atoms with Gasteiger partial charge in [-0.3, -0.25) is 0 Å². The van der Waals surface area contributed by atoms with Crippen molar-refractivity contribution in [3.05, 3.63) is 447 Å². The fourth-order valence-electron chi connectivity index (χ4n) is 18.0. The van der Waals surface area contributed by atoms with Gasteiger partial charge in [-0.1, -0.05) is 503 Å². The summed E-state index contributed by atoms with van der Waals surface area (Å²) in [6.07, 6.45) is 0. The minimum atomic E-state index is 0. The van der Waals surface area contributed by atoms with Crippen LogP contribution in [0.4, 0.5) is 0 Å². The van der Waals surface area contributed by atoms with Crippen molar-refractivity contribution in [3.8, 4) is 77.9 Å². The van der Waals surface area contributed by atoms with Crippen LogP contribution in [0.3, 0.4) is 0 Å². The van der Waals surface area contributed by atoms with Gasteiger partial charge in [0, 0.05) is 136 Å². The largest absolute Gasteiger partial charge is 0.455 e. The second-order valence-electron chi connectivity index (χ2n) is 29.1. The molecule has 0 radical (unpaired) electrons. The smallest absolute Gasteiger partial charge is 0.143 e. The van der Waals surface area contributed by atoms with Crippen molar-refractivity contribution in [2.24, 2.45) is 0 Å². The van der Waals surface area contributed by atoms with Gasteiger partial charge in [0.15, 0.2) is 0 Å². The number of furan rings is 1. The molecule has 131 heavy (non-hydrogen) atoms. The van der Waals surface area contributed by atoms with Crippen molar-refractivity contribution in [2.75, 3.05) is 0 Å². The maximum Gasteiger partial charge on any atom is 0.143 e. The second kappa shape index (κ2) is 51.4. The molecule has 0 bridgehead atoms. The van der Waals surface area contributed by atoms with Gasteiger partial charge in [0.25, 0.3) is 0 Å². The van der Waals surface area contributed by atoms with Crippen molar-refractivity contribution in [2.45, 2.75) is 96.9 Å². The minimum absolute atomic E-state index is 0. The quantitative estimate of drug-likeness (QED) is 0.114. The van der Waals surface area contributed by atoms with Crippen LogP contribution in [0.5, 0.6) is 0 Å². The third-order valence-corrected chi connectivity index (χ3v) is 22.9. The van der Waals surface area contributed by atoms with E-state index >= 15 is 0 Å². The first kappa shape index (κ1) is 106. The molecule has 4 heteroatoms. The summed E-state index contributed by atoms with van der Waals surface area (Å²) in [6, 6.07) is 154. The molecule has 23 rings (SSSR count). The number of fused-ring (bicyclic) bond motifs is 14. The van der Waals surface area contributed by atoms with Crippen molar-refractivity contribution in [1.29, 1.82) is 0 Å². The fraction of sp³-hybridized carbons (Fsp3) is 0.110. The Bertz CT molecular complexity index is 7480. The predicted molar refractivity (Wildman–Crippen MR) is 576 cm³/mol. The molecule has 0 aliphatic carbocycles. The Kier molecular flexibility index (Phi) is 41.4. The van der Waals surface area contributed by atoms with Crippen LogP contribution >= 0.6 is 0 Å². The molecule has 0 fully saturated rings. The van der Waals surface area contributed by atoms with Crippen LogP contribution in [0.15, 0.2) is 429 Å². The van der Waals surface area contributed by atoms with E-state index < -0.39 is 0 Å². The Morgan fingerprint density at radius 3 is 0.679 bits per heavy atom. The molecule has 0 N–H and O–H groups in total. The Morgan fingerprint density at radius 2 is 0.344 bits per heavy atom. The number of hydrogen-bond donors (Lipinski definition) is 0. The summed E-state index contributed by atoms with van der Waals surface area (Å²) in [5, 5.41) is 30.3. The van der Waals surface area contributed by atoms with Gasteiger partial charge in [0.1, 0.15) is 11.2 Å². The summed E-state index contributed by atoms with van der Waals surface area (Å²) in [4.78, 5) is 0. The molecule has 1 nitrogen and oxygen atoms in total. The maximum atomic E-state index is 6.51. The Labute approximate surface area is 870 Å². The Hall–Kier alpha value is -10.7. The summed E-state index contributed by atoms with van der Waals surface area (Å²) in [6.45, 7) is 28.0. The maximum absolute atomic E-state index is 6.51. The topological polar surface area (TPSA) is 13.1 Å². The molecule has 0 amide bonds. The van der Waals surface area contributed by atoms with E-state index in [-0.39, 0.29) is 137 Å². The van der Waals surface area contributed by atoms with Crippen LogP contribution < -0.4 is 0 Å².